The molecule has 0 bridgehead atoms. The van der Waals surface area contributed by atoms with Crippen molar-refractivity contribution in [2.45, 2.75) is 84.6 Å². The number of nitrogens with zero attached hydrogens (tertiary/aromatic N) is 1. The van der Waals surface area contributed by atoms with Crippen LogP contribution in [-0.2, 0) is 0 Å². The fourth-order valence-electron chi connectivity index (χ4n) is 2.45. The molecule has 0 aromatic carbocycles. The third kappa shape index (κ3) is 8.10. The maximum absolute atomic E-state index is 5.84. The van der Waals surface area contributed by atoms with Gasteiger partial charge in [-0.25, -0.2) is 0 Å². The van der Waals surface area contributed by atoms with E-state index in [0.29, 0.717) is 0 Å². The van der Waals surface area contributed by atoms with Crippen LogP contribution in [0.5, 0.6) is 0 Å². The van der Waals surface area contributed by atoms with E-state index in [1.54, 1.807) is 0 Å². The molecule has 0 atom stereocenters. The predicted octanol–water partition coefficient (Wildman–Crippen LogP) is 4.19. The minimum Gasteiger partial charge on any atom is -0.329 e. The number of nitrogens with two attached hydrogens (primary N) is 1. The summed E-state index contributed by atoms with van der Waals surface area (Å²) < 4.78 is 0. The molecule has 0 fully saturated rings. The first-order valence-electron chi connectivity index (χ1n) is 8.03. The van der Waals surface area contributed by atoms with E-state index in [0.717, 1.165) is 13.1 Å². The van der Waals surface area contributed by atoms with E-state index < -0.39 is 0 Å². The lowest BCUT2D eigenvalue weighted by Crippen LogP contribution is -2.49. The minimum absolute atomic E-state index is 0.163. The van der Waals surface area contributed by atoms with Gasteiger partial charge in [0.1, 0.15) is 0 Å². The van der Waals surface area contributed by atoms with Crippen molar-refractivity contribution in [3.8, 4) is 0 Å². The van der Waals surface area contributed by atoms with E-state index in [-0.39, 0.29) is 5.54 Å². The number of rotatable bonds is 12. The normalized spacial score (nSPS) is 12.3. The summed E-state index contributed by atoms with van der Waals surface area (Å²) in [7, 11) is 0. The van der Waals surface area contributed by atoms with Gasteiger partial charge in [-0.05, 0) is 33.4 Å². The Hall–Kier alpha value is -0.0800. The van der Waals surface area contributed by atoms with Crippen LogP contribution in [0.15, 0.2) is 0 Å². The molecule has 0 aromatic heterocycles. The summed E-state index contributed by atoms with van der Waals surface area (Å²) in [6.07, 6.45) is 11.1. The highest BCUT2D eigenvalue weighted by atomic mass is 15.2. The molecule has 0 radical (unpaired) electrons. The van der Waals surface area contributed by atoms with Crippen LogP contribution in [0.3, 0.4) is 0 Å². The molecule has 0 aliphatic carbocycles. The van der Waals surface area contributed by atoms with Crippen LogP contribution in [0.4, 0.5) is 0 Å². The third-order valence-electron chi connectivity index (χ3n) is 4.02. The largest absolute Gasteiger partial charge is 0.329 e. The lowest BCUT2D eigenvalue weighted by molar-refractivity contribution is 0.131. The molecule has 0 saturated carbocycles. The highest BCUT2D eigenvalue weighted by Gasteiger charge is 2.22. The average molecular weight is 256 g/mol. The fraction of sp³-hybridized carbons (Fsp3) is 1.00. The van der Waals surface area contributed by atoms with Crippen molar-refractivity contribution in [1.82, 2.24) is 4.90 Å². The number of hydrogen-bond donors (Lipinski definition) is 1. The first-order chi connectivity index (χ1) is 8.58. The zero-order chi connectivity index (χ0) is 13.9. The summed E-state index contributed by atoms with van der Waals surface area (Å²) in [6, 6.07) is 0. The van der Waals surface area contributed by atoms with Crippen molar-refractivity contribution in [3.05, 3.63) is 0 Å². The van der Waals surface area contributed by atoms with Crippen molar-refractivity contribution in [2.24, 2.45) is 5.73 Å². The van der Waals surface area contributed by atoms with Gasteiger partial charge in [-0.3, -0.25) is 4.90 Å². The second-order valence-corrected chi connectivity index (χ2v) is 6.07. The first kappa shape index (κ1) is 17.9. The summed E-state index contributed by atoms with van der Waals surface area (Å²) in [5, 5.41) is 0. The standard InChI is InChI=1S/C16H36N2/c1-5-7-8-9-10-11-12-13-14-18(6-2)16(3,4)15-17/h5-15,17H2,1-4H3. The van der Waals surface area contributed by atoms with Gasteiger partial charge in [0.05, 0.1) is 0 Å². The van der Waals surface area contributed by atoms with Crippen LogP contribution >= 0.6 is 0 Å². The molecule has 0 aliphatic heterocycles. The van der Waals surface area contributed by atoms with Gasteiger partial charge in [-0.2, -0.15) is 0 Å². The molecule has 0 heterocycles. The van der Waals surface area contributed by atoms with Crippen LogP contribution in [0, 0.1) is 0 Å². The van der Waals surface area contributed by atoms with Gasteiger partial charge in [0.15, 0.2) is 0 Å². The van der Waals surface area contributed by atoms with E-state index in [1.807, 2.05) is 0 Å². The Kier molecular flexibility index (Phi) is 10.8. The molecule has 2 N–H and O–H groups in total. The molecule has 0 aromatic rings. The van der Waals surface area contributed by atoms with E-state index in [1.165, 1.54) is 57.9 Å². The highest BCUT2D eigenvalue weighted by Crippen LogP contribution is 2.14. The molecule has 18 heavy (non-hydrogen) atoms. The van der Waals surface area contributed by atoms with E-state index in [9.17, 15) is 0 Å². The summed E-state index contributed by atoms with van der Waals surface area (Å²) in [6.45, 7) is 12.1. The molecule has 2 heteroatoms. The van der Waals surface area contributed by atoms with Crippen LogP contribution in [0.25, 0.3) is 0 Å². The molecule has 0 rings (SSSR count). The Morgan fingerprint density at radius 3 is 1.78 bits per heavy atom. The fourth-order valence-corrected chi connectivity index (χ4v) is 2.45. The Labute approximate surface area is 115 Å². The maximum Gasteiger partial charge on any atom is 0.0275 e. The van der Waals surface area contributed by atoms with Crippen LogP contribution in [0.1, 0.15) is 79.1 Å². The Morgan fingerprint density at radius 1 is 0.833 bits per heavy atom. The quantitative estimate of drug-likeness (QED) is 0.531. The Morgan fingerprint density at radius 2 is 1.33 bits per heavy atom. The monoisotopic (exact) mass is 256 g/mol. The molecule has 0 saturated heterocycles. The number of unbranched alkanes of at least 4 members (excludes halogenated alkanes) is 7. The summed E-state index contributed by atoms with van der Waals surface area (Å²) in [5.41, 5.74) is 6.00. The topological polar surface area (TPSA) is 29.3 Å². The molecule has 0 aliphatic rings. The van der Waals surface area contributed by atoms with Crippen molar-refractivity contribution in [1.29, 1.82) is 0 Å². The summed E-state index contributed by atoms with van der Waals surface area (Å²) in [5.74, 6) is 0. The predicted molar refractivity (Wildman–Crippen MR) is 83.0 cm³/mol. The van der Waals surface area contributed by atoms with Crippen LogP contribution < -0.4 is 5.73 Å². The lowest BCUT2D eigenvalue weighted by Gasteiger charge is -2.37. The zero-order valence-corrected chi connectivity index (χ0v) is 13.3. The van der Waals surface area contributed by atoms with Gasteiger partial charge in [0.25, 0.3) is 0 Å². The molecular weight excluding hydrogens is 220 g/mol. The molecule has 0 unspecified atom stereocenters. The van der Waals surface area contributed by atoms with Crippen molar-refractivity contribution in [2.75, 3.05) is 19.6 Å². The van der Waals surface area contributed by atoms with Gasteiger partial charge in [0.2, 0.25) is 0 Å². The van der Waals surface area contributed by atoms with Gasteiger partial charge in [-0.1, -0.05) is 58.8 Å². The molecule has 2 nitrogen and oxygen atoms in total. The molecule has 110 valence electrons. The number of likely N-dealkylation sites (N-methyl/N-ethyl adjacent to an activating group) is 1. The van der Waals surface area contributed by atoms with E-state index in [4.69, 9.17) is 5.73 Å². The van der Waals surface area contributed by atoms with Gasteiger partial charge in [0, 0.05) is 12.1 Å². The van der Waals surface area contributed by atoms with Crippen molar-refractivity contribution in [3.63, 3.8) is 0 Å². The molecule has 0 amide bonds. The second kappa shape index (κ2) is 10.8. The van der Waals surface area contributed by atoms with Gasteiger partial charge < -0.3 is 5.73 Å². The van der Waals surface area contributed by atoms with Gasteiger partial charge >= 0.3 is 0 Å². The summed E-state index contributed by atoms with van der Waals surface area (Å²) in [4.78, 5) is 2.52. The van der Waals surface area contributed by atoms with Crippen molar-refractivity contribution >= 4 is 0 Å². The zero-order valence-electron chi connectivity index (χ0n) is 13.3. The van der Waals surface area contributed by atoms with Crippen molar-refractivity contribution < 1.29 is 0 Å². The van der Waals surface area contributed by atoms with E-state index in [2.05, 4.69) is 32.6 Å². The summed E-state index contributed by atoms with van der Waals surface area (Å²) >= 11 is 0. The van der Waals surface area contributed by atoms with Gasteiger partial charge in [-0.15, -0.1) is 0 Å². The third-order valence-corrected chi connectivity index (χ3v) is 4.02. The number of hydrogen-bond acceptors (Lipinski definition) is 2. The second-order valence-electron chi connectivity index (χ2n) is 6.07. The lowest BCUT2D eigenvalue weighted by atomic mass is 10.0. The molecule has 0 spiro atoms. The SMILES string of the molecule is CCCCCCCCCCN(CC)C(C)(C)CN. The van der Waals surface area contributed by atoms with Crippen LogP contribution in [-0.4, -0.2) is 30.1 Å². The smallest absolute Gasteiger partial charge is 0.0275 e. The Balaban J connectivity index is 3.52. The highest BCUT2D eigenvalue weighted by molar-refractivity contribution is 4.81. The first-order valence-corrected chi connectivity index (χ1v) is 8.03. The van der Waals surface area contributed by atoms with Crippen LogP contribution in [0.2, 0.25) is 0 Å². The maximum atomic E-state index is 5.84. The average Bonchev–Trinajstić information content (AvgIpc) is 2.36. The van der Waals surface area contributed by atoms with E-state index >= 15 is 0 Å². The molecular formula is C16H36N2. The Bertz CT molecular complexity index is 178. The minimum atomic E-state index is 0.163.